The molecule has 0 aliphatic rings. The van der Waals surface area contributed by atoms with E-state index in [1.54, 1.807) is 18.2 Å². The molecule has 0 fully saturated rings. The van der Waals surface area contributed by atoms with Crippen LogP contribution in [0.25, 0.3) is 0 Å². The van der Waals surface area contributed by atoms with Crippen LogP contribution in [-0.4, -0.2) is 23.4 Å². The highest BCUT2D eigenvalue weighted by atomic mass is 16.3. The van der Waals surface area contributed by atoms with Gasteiger partial charge in [-0.3, -0.25) is 0 Å². The zero-order chi connectivity index (χ0) is 8.10. The van der Waals surface area contributed by atoms with E-state index in [1.165, 1.54) is 0 Å². The van der Waals surface area contributed by atoms with Gasteiger partial charge in [-0.1, -0.05) is 6.07 Å². The van der Waals surface area contributed by atoms with E-state index in [1.807, 2.05) is 6.07 Å². The Morgan fingerprint density at radius 1 is 1.36 bits per heavy atom. The number of hydrogen-bond donors (Lipinski definition) is 3. The van der Waals surface area contributed by atoms with Crippen LogP contribution in [0, 0.1) is 0 Å². The van der Waals surface area contributed by atoms with E-state index >= 15 is 0 Å². The molecule has 11 heavy (non-hydrogen) atoms. The van der Waals surface area contributed by atoms with E-state index in [2.05, 4.69) is 5.32 Å². The fourth-order valence-corrected chi connectivity index (χ4v) is 0.816. The zero-order valence-electron chi connectivity index (χ0n) is 6.12. The van der Waals surface area contributed by atoms with Crippen LogP contribution in [0.1, 0.15) is 0 Å². The summed E-state index contributed by atoms with van der Waals surface area (Å²) >= 11 is 0. The lowest BCUT2D eigenvalue weighted by Crippen LogP contribution is -2.04. The van der Waals surface area contributed by atoms with Crippen molar-refractivity contribution in [2.45, 2.75) is 0 Å². The highest BCUT2D eigenvalue weighted by molar-refractivity contribution is 5.47. The van der Waals surface area contributed by atoms with Gasteiger partial charge in [-0.15, -0.1) is 0 Å². The van der Waals surface area contributed by atoms with Gasteiger partial charge in [0.1, 0.15) is 5.75 Å². The first-order valence-corrected chi connectivity index (χ1v) is 3.46. The van der Waals surface area contributed by atoms with Gasteiger partial charge >= 0.3 is 0 Å². The second-order valence-corrected chi connectivity index (χ2v) is 2.20. The van der Waals surface area contributed by atoms with Crippen molar-refractivity contribution < 1.29 is 10.2 Å². The maximum atomic E-state index is 9.01. The minimum absolute atomic E-state index is 0.0929. The Hall–Kier alpha value is -1.22. The molecule has 0 aromatic heterocycles. The van der Waals surface area contributed by atoms with E-state index < -0.39 is 0 Å². The van der Waals surface area contributed by atoms with Gasteiger partial charge in [0.15, 0.2) is 0 Å². The third kappa shape index (κ3) is 2.47. The molecule has 3 nitrogen and oxygen atoms in total. The number of aromatic hydroxyl groups is 1. The number of hydrogen-bond acceptors (Lipinski definition) is 3. The number of benzene rings is 1. The van der Waals surface area contributed by atoms with Crippen LogP contribution < -0.4 is 5.32 Å². The van der Waals surface area contributed by atoms with E-state index in [9.17, 15) is 0 Å². The molecular formula is C8H11NO2. The van der Waals surface area contributed by atoms with E-state index in [0.29, 0.717) is 6.54 Å². The highest BCUT2D eigenvalue weighted by Gasteiger charge is 1.90. The summed E-state index contributed by atoms with van der Waals surface area (Å²) in [4.78, 5) is 0. The van der Waals surface area contributed by atoms with Crippen LogP contribution >= 0.6 is 0 Å². The summed E-state index contributed by atoms with van der Waals surface area (Å²) in [5, 5.41) is 20.4. The summed E-state index contributed by atoms with van der Waals surface area (Å²) in [6, 6.07) is 6.78. The molecule has 0 heterocycles. The molecule has 0 amide bonds. The topological polar surface area (TPSA) is 52.5 Å². The summed E-state index contributed by atoms with van der Waals surface area (Å²) < 4.78 is 0. The lowest BCUT2D eigenvalue weighted by atomic mass is 10.3. The van der Waals surface area contributed by atoms with Crippen molar-refractivity contribution in [1.82, 2.24) is 0 Å². The highest BCUT2D eigenvalue weighted by Crippen LogP contribution is 2.14. The third-order valence-electron chi connectivity index (χ3n) is 1.29. The van der Waals surface area contributed by atoms with Gasteiger partial charge in [0.2, 0.25) is 0 Å². The average molecular weight is 153 g/mol. The molecule has 0 saturated heterocycles. The SMILES string of the molecule is OCCNc1cccc(O)c1. The van der Waals surface area contributed by atoms with Crippen LogP contribution in [0.4, 0.5) is 5.69 Å². The van der Waals surface area contributed by atoms with Gasteiger partial charge < -0.3 is 15.5 Å². The fourth-order valence-electron chi connectivity index (χ4n) is 0.816. The minimum Gasteiger partial charge on any atom is -0.508 e. The van der Waals surface area contributed by atoms with E-state index in [-0.39, 0.29) is 12.4 Å². The number of aliphatic hydroxyl groups is 1. The maximum absolute atomic E-state index is 9.01. The largest absolute Gasteiger partial charge is 0.508 e. The minimum atomic E-state index is 0.0929. The normalized spacial score (nSPS) is 9.55. The molecule has 0 radical (unpaired) electrons. The standard InChI is InChI=1S/C8H11NO2/c10-5-4-9-7-2-1-3-8(11)6-7/h1-3,6,9-11H,4-5H2. The van der Waals surface area contributed by atoms with Crippen molar-refractivity contribution in [2.24, 2.45) is 0 Å². The van der Waals surface area contributed by atoms with E-state index in [4.69, 9.17) is 10.2 Å². The predicted octanol–water partition coefficient (Wildman–Crippen LogP) is 0.796. The molecule has 0 spiro atoms. The smallest absolute Gasteiger partial charge is 0.117 e. The Morgan fingerprint density at radius 3 is 2.82 bits per heavy atom. The summed E-state index contributed by atoms with van der Waals surface area (Å²) in [7, 11) is 0. The Bertz CT molecular complexity index is 225. The Balaban J connectivity index is 2.56. The van der Waals surface area contributed by atoms with Crippen molar-refractivity contribution in [1.29, 1.82) is 0 Å². The van der Waals surface area contributed by atoms with Gasteiger partial charge in [-0.25, -0.2) is 0 Å². The number of aliphatic hydroxyl groups excluding tert-OH is 1. The molecule has 1 aromatic rings. The molecule has 1 aromatic carbocycles. The number of phenols is 1. The van der Waals surface area contributed by atoms with Crippen molar-refractivity contribution in [3.63, 3.8) is 0 Å². The van der Waals surface area contributed by atoms with Crippen LogP contribution in [0.15, 0.2) is 24.3 Å². The molecule has 0 unspecified atom stereocenters. The van der Waals surface area contributed by atoms with Gasteiger partial charge in [0.25, 0.3) is 0 Å². The van der Waals surface area contributed by atoms with Crippen LogP contribution in [0.5, 0.6) is 5.75 Å². The number of rotatable bonds is 3. The maximum Gasteiger partial charge on any atom is 0.117 e. The summed E-state index contributed by atoms with van der Waals surface area (Å²) in [6.07, 6.45) is 0. The fraction of sp³-hybridized carbons (Fsp3) is 0.250. The Labute approximate surface area is 65.3 Å². The molecule has 0 bridgehead atoms. The summed E-state index contributed by atoms with van der Waals surface area (Å²) in [5.41, 5.74) is 0.819. The van der Waals surface area contributed by atoms with Crippen molar-refractivity contribution in [3.8, 4) is 5.75 Å². The average Bonchev–Trinajstić information content (AvgIpc) is 2.01. The molecule has 0 saturated carbocycles. The second-order valence-electron chi connectivity index (χ2n) is 2.20. The van der Waals surface area contributed by atoms with Gasteiger partial charge in [-0.05, 0) is 12.1 Å². The second kappa shape index (κ2) is 3.83. The molecule has 0 aliphatic heterocycles. The number of phenolic OH excluding ortho intramolecular Hbond substituents is 1. The molecule has 3 N–H and O–H groups in total. The first kappa shape index (κ1) is 7.88. The van der Waals surface area contributed by atoms with Crippen LogP contribution in [0.2, 0.25) is 0 Å². The van der Waals surface area contributed by atoms with Crippen molar-refractivity contribution >= 4 is 5.69 Å². The Morgan fingerprint density at radius 2 is 2.18 bits per heavy atom. The first-order valence-electron chi connectivity index (χ1n) is 3.46. The molecular weight excluding hydrogens is 142 g/mol. The predicted molar refractivity (Wildman–Crippen MR) is 43.7 cm³/mol. The zero-order valence-corrected chi connectivity index (χ0v) is 6.12. The van der Waals surface area contributed by atoms with Crippen molar-refractivity contribution in [2.75, 3.05) is 18.5 Å². The quantitative estimate of drug-likeness (QED) is 0.602. The summed E-state index contributed by atoms with van der Waals surface area (Å²) in [6.45, 7) is 0.596. The molecule has 0 atom stereocenters. The molecule has 0 aliphatic carbocycles. The van der Waals surface area contributed by atoms with Gasteiger partial charge in [0.05, 0.1) is 6.61 Å². The third-order valence-corrected chi connectivity index (χ3v) is 1.29. The number of nitrogens with one attached hydrogen (secondary N) is 1. The number of anilines is 1. The lowest BCUT2D eigenvalue weighted by Gasteiger charge is -2.03. The van der Waals surface area contributed by atoms with E-state index in [0.717, 1.165) is 5.69 Å². The molecule has 1 rings (SSSR count). The molecule has 3 heteroatoms. The first-order chi connectivity index (χ1) is 5.33. The van der Waals surface area contributed by atoms with Crippen LogP contribution in [-0.2, 0) is 0 Å². The lowest BCUT2D eigenvalue weighted by molar-refractivity contribution is 0.311. The van der Waals surface area contributed by atoms with Crippen LogP contribution in [0.3, 0.4) is 0 Å². The molecule has 60 valence electrons. The van der Waals surface area contributed by atoms with Crippen molar-refractivity contribution in [3.05, 3.63) is 24.3 Å². The Kier molecular flexibility index (Phi) is 2.74. The monoisotopic (exact) mass is 153 g/mol. The summed E-state index contributed by atoms with van der Waals surface area (Å²) in [5.74, 6) is 0.230. The van der Waals surface area contributed by atoms with Gasteiger partial charge in [-0.2, -0.15) is 0 Å². The van der Waals surface area contributed by atoms with Gasteiger partial charge in [0, 0.05) is 18.3 Å².